The van der Waals surface area contributed by atoms with Gasteiger partial charge >= 0.3 is 5.97 Å². The third kappa shape index (κ3) is 1.78. The van der Waals surface area contributed by atoms with Crippen LogP contribution in [0.2, 0.25) is 0 Å². The van der Waals surface area contributed by atoms with Gasteiger partial charge in [-0.1, -0.05) is 20.8 Å². The van der Waals surface area contributed by atoms with Gasteiger partial charge in [-0.25, -0.2) is 0 Å². The first-order chi connectivity index (χ1) is 13.9. The molecule has 1 unspecified atom stereocenters. The minimum Gasteiger partial charge on any atom is -0.442 e. The number of rotatable bonds is 1. The monoisotopic (exact) mass is 417 g/mol. The van der Waals surface area contributed by atoms with Crippen LogP contribution in [-0.2, 0) is 23.9 Å². The molecule has 0 aromatic carbocycles. The molecule has 3 amide bonds. The molecule has 6 fully saturated rings. The van der Waals surface area contributed by atoms with E-state index in [1.165, 1.54) is 11.8 Å². The molecule has 5 saturated heterocycles. The van der Waals surface area contributed by atoms with Crippen LogP contribution in [0.3, 0.4) is 0 Å². The highest BCUT2D eigenvalue weighted by Crippen LogP contribution is 2.71. The molecule has 6 aliphatic rings. The Labute approximate surface area is 176 Å². The number of hydrogen-bond donors (Lipinski definition) is 0. The third-order valence-corrected chi connectivity index (χ3v) is 9.56. The van der Waals surface area contributed by atoms with Gasteiger partial charge in [-0.3, -0.25) is 19.2 Å². The standard InChI is InChI=1S/C22H31N3O5/c1-12-9-14(27)25-16-19(3,4)20(10-15(30-13(2)26)23(5)17(20)28)11-21(16)7-8-22(12,25)18(29)24(21)6/h12,15-16H,7-11H2,1-6H3/t12-,15+,16?,20-,21+,22+/m0/s1. The van der Waals surface area contributed by atoms with E-state index in [9.17, 15) is 19.2 Å². The van der Waals surface area contributed by atoms with E-state index in [0.717, 1.165) is 6.42 Å². The predicted molar refractivity (Wildman–Crippen MR) is 106 cm³/mol. The van der Waals surface area contributed by atoms with Crippen LogP contribution < -0.4 is 0 Å². The van der Waals surface area contributed by atoms with Crippen LogP contribution in [0.5, 0.6) is 0 Å². The van der Waals surface area contributed by atoms with E-state index in [-0.39, 0.29) is 29.7 Å². The fourth-order valence-electron chi connectivity index (χ4n) is 8.08. The van der Waals surface area contributed by atoms with Crippen molar-refractivity contribution in [1.82, 2.24) is 14.7 Å². The Hall–Kier alpha value is -2.12. The van der Waals surface area contributed by atoms with Crippen molar-refractivity contribution in [3.05, 3.63) is 0 Å². The highest BCUT2D eigenvalue weighted by atomic mass is 16.6. The molecule has 164 valence electrons. The second-order valence-corrected chi connectivity index (χ2v) is 10.8. The van der Waals surface area contributed by atoms with Gasteiger partial charge < -0.3 is 19.4 Å². The van der Waals surface area contributed by atoms with Gasteiger partial charge in [0.2, 0.25) is 17.7 Å². The first kappa shape index (κ1) is 19.8. The van der Waals surface area contributed by atoms with Crippen molar-refractivity contribution >= 4 is 23.7 Å². The number of ether oxygens (including phenoxy) is 1. The zero-order valence-corrected chi connectivity index (χ0v) is 18.7. The Kier molecular flexibility index (Phi) is 3.55. The summed E-state index contributed by atoms with van der Waals surface area (Å²) in [6.45, 7) is 7.49. The fraction of sp³-hybridized carbons (Fsp3) is 0.818. The molecule has 8 heteroatoms. The largest absolute Gasteiger partial charge is 0.442 e. The van der Waals surface area contributed by atoms with Crippen molar-refractivity contribution in [2.24, 2.45) is 16.7 Å². The van der Waals surface area contributed by atoms with Gasteiger partial charge in [0.25, 0.3) is 0 Å². The van der Waals surface area contributed by atoms with Crippen LogP contribution in [0.15, 0.2) is 0 Å². The molecule has 1 aliphatic carbocycles. The van der Waals surface area contributed by atoms with E-state index >= 15 is 0 Å². The lowest BCUT2D eigenvalue weighted by atomic mass is 9.61. The molecule has 5 aliphatic heterocycles. The van der Waals surface area contributed by atoms with Gasteiger partial charge in [-0.15, -0.1) is 0 Å². The number of likely N-dealkylation sites (tertiary alicyclic amines) is 1. The van der Waals surface area contributed by atoms with Crippen LogP contribution in [0.25, 0.3) is 0 Å². The van der Waals surface area contributed by atoms with Crippen molar-refractivity contribution in [2.45, 2.75) is 83.1 Å². The molecule has 1 saturated carbocycles. The number of esters is 1. The topological polar surface area (TPSA) is 87.2 Å². The van der Waals surface area contributed by atoms with E-state index in [1.54, 1.807) is 7.05 Å². The summed E-state index contributed by atoms with van der Waals surface area (Å²) in [6, 6.07) is -0.229. The number of amides is 3. The first-order valence-electron chi connectivity index (χ1n) is 10.9. The quantitative estimate of drug-likeness (QED) is 0.597. The summed E-state index contributed by atoms with van der Waals surface area (Å²) in [5, 5.41) is 0. The number of piperazine rings is 1. The SMILES string of the molecule is CC(=O)O[C@@H]1C[C@]2(C[C@@]34CC[C@]5(C(=O)N3C)[C@@H](C)CC(=O)N5C4C2(C)C)C(=O)N1C. The molecule has 3 spiro atoms. The van der Waals surface area contributed by atoms with Crippen molar-refractivity contribution < 1.29 is 23.9 Å². The maximum atomic E-state index is 13.7. The van der Waals surface area contributed by atoms with Crippen LogP contribution in [0.1, 0.15) is 59.8 Å². The Morgan fingerprint density at radius 1 is 1.10 bits per heavy atom. The summed E-state index contributed by atoms with van der Waals surface area (Å²) in [5.74, 6) is -0.467. The number of carbonyl (C=O) groups is 4. The Morgan fingerprint density at radius 2 is 1.77 bits per heavy atom. The molecule has 0 aromatic rings. The number of likely N-dealkylation sites (N-methyl/N-ethyl adjacent to an activating group) is 1. The molecule has 8 nitrogen and oxygen atoms in total. The molecule has 6 rings (SSSR count). The second kappa shape index (κ2) is 5.37. The van der Waals surface area contributed by atoms with E-state index in [2.05, 4.69) is 13.8 Å². The Balaban J connectivity index is 1.68. The van der Waals surface area contributed by atoms with Gasteiger partial charge in [0.15, 0.2) is 6.23 Å². The van der Waals surface area contributed by atoms with Crippen LogP contribution >= 0.6 is 0 Å². The van der Waals surface area contributed by atoms with Crippen LogP contribution in [0, 0.1) is 16.7 Å². The molecule has 0 N–H and O–H groups in total. The summed E-state index contributed by atoms with van der Waals surface area (Å²) >= 11 is 0. The summed E-state index contributed by atoms with van der Waals surface area (Å²) in [5.41, 5.74) is -2.73. The molecule has 30 heavy (non-hydrogen) atoms. The number of piperidine rings is 2. The summed E-state index contributed by atoms with van der Waals surface area (Å²) in [4.78, 5) is 57.5. The van der Waals surface area contributed by atoms with E-state index < -0.39 is 34.1 Å². The highest BCUT2D eigenvalue weighted by molar-refractivity contribution is 5.99. The van der Waals surface area contributed by atoms with E-state index in [0.29, 0.717) is 25.7 Å². The average Bonchev–Trinajstić information content (AvgIpc) is 3.14. The van der Waals surface area contributed by atoms with Gasteiger partial charge in [0, 0.05) is 39.3 Å². The zero-order valence-electron chi connectivity index (χ0n) is 18.7. The lowest BCUT2D eigenvalue weighted by Gasteiger charge is -2.65. The molecule has 0 radical (unpaired) electrons. The highest BCUT2D eigenvalue weighted by Gasteiger charge is 2.82. The van der Waals surface area contributed by atoms with Crippen molar-refractivity contribution in [2.75, 3.05) is 14.1 Å². The van der Waals surface area contributed by atoms with Crippen molar-refractivity contribution in [1.29, 1.82) is 0 Å². The molecule has 6 atom stereocenters. The maximum Gasteiger partial charge on any atom is 0.304 e. The molecular formula is C22H31N3O5. The second-order valence-electron chi connectivity index (χ2n) is 10.8. The number of fused-ring (bicyclic) bond motifs is 2. The predicted octanol–water partition coefficient (Wildman–Crippen LogP) is 1.13. The fourth-order valence-corrected chi connectivity index (χ4v) is 8.08. The summed E-state index contributed by atoms with van der Waals surface area (Å²) < 4.78 is 5.48. The number of carbonyl (C=O) groups excluding carboxylic acids is 4. The first-order valence-corrected chi connectivity index (χ1v) is 10.9. The van der Waals surface area contributed by atoms with Gasteiger partial charge in [0.05, 0.1) is 17.0 Å². The number of hydrogen-bond acceptors (Lipinski definition) is 5. The third-order valence-electron chi connectivity index (χ3n) is 9.56. The summed E-state index contributed by atoms with van der Waals surface area (Å²) in [6.07, 6.45) is 2.08. The van der Waals surface area contributed by atoms with Crippen molar-refractivity contribution in [3.8, 4) is 0 Å². The lowest BCUT2D eigenvalue weighted by Crippen LogP contribution is -2.81. The minimum atomic E-state index is -0.798. The van der Waals surface area contributed by atoms with Gasteiger partial charge in [-0.05, 0) is 25.2 Å². The Bertz CT molecular complexity index is 901. The minimum absolute atomic E-state index is 0.0199. The molecular weight excluding hydrogens is 386 g/mol. The average molecular weight is 418 g/mol. The van der Waals surface area contributed by atoms with E-state index in [4.69, 9.17) is 4.74 Å². The molecule has 2 bridgehead atoms. The zero-order chi connectivity index (χ0) is 22.0. The maximum absolute atomic E-state index is 13.7. The van der Waals surface area contributed by atoms with Gasteiger partial charge in [-0.2, -0.15) is 0 Å². The normalized spacial score (nSPS) is 46.1. The van der Waals surface area contributed by atoms with Crippen LogP contribution in [0.4, 0.5) is 0 Å². The smallest absolute Gasteiger partial charge is 0.304 e. The summed E-state index contributed by atoms with van der Waals surface area (Å²) in [7, 11) is 3.53. The molecule has 0 aromatic heterocycles. The van der Waals surface area contributed by atoms with Crippen LogP contribution in [-0.4, -0.2) is 75.8 Å². The molecule has 5 heterocycles. The lowest BCUT2D eigenvalue weighted by molar-refractivity contribution is -0.196. The van der Waals surface area contributed by atoms with E-state index in [1.807, 2.05) is 23.8 Å². The van der Waals surface area contributed by atoms with Gasteiger partial charge in [0.1, 0.15) is 5.54 Å². The van der Waals surface area contributed by atoms with Crippen molar-refractivity contribution in [3.63, 3.8) is 0 Å². The Morgan fingerprint density at radius 3 is 2.40 bits per heavy atom. The number of nitrogens with zero attached hydrogens (tertiary/aromatic N) is 3.